The van der Waals surface area contributed by atoms with Gasteiger partial charge in [0.25, 0.3) is 0 Å². The topological polar surface area (TPSA) is 59.3 Å². The Hall–Kier alpha value is -0.980. The average Bonchev–Trinajstić information content (AvgIpc) is 2.88. The quantitative estimate of drug-likeness (QED) is 0.555. The smallest absolute Gasteiger partial charge is 0.230 e. The van der Waals surface area contributed by atoms with E-state index >= 15 is 0 Å². The summed E-state index contributed by atoms with van der Waals surface area (Å²) in [5, 5.41) is 12.6. The first-order valence-electron chi connectivity index (χ1n) is 7.63. The van der Waals surface area contributed by atoms with Crippen LogP contribution in [0.15, 0.2) is 17.4 Å². The van der Waals surface area contributed by atoms with Gasteiger partial charge in [-0.25, -0.2) is 0 Å². The predicted molar refractivity (Wildman–Crippen MR) is 95.5 cm³/mol. The van der Waals surface area contributed by atoms with Gasteiger partial charge in [-0.15, -0.1) is 10.2 Å². The van der Waals surface area contributed by atoms with E-state index in [1.54, 1.807) is 16.7 Å². The summed E-state index contributed by atoms with van der Waals surface area (Å²) in [6.07, 6.45) is 6.21. The van der Waals surface area contributed by atoms with Crippen molar-refractivity contribution in [2.75, 3.05) is 5.75 Å². The van der Waals surface area contributed by atoms with Crippen molar-refractivity contribution in [3.8, 4) is 0 Å². The maximum absolute atomic E-state index is 12.0. The molecule has 0 spiro atoms. The fraction of sp³-hybridized carbons (Fsp3) is 0.533. The van der Waals surface area contributed by atoms with Crippen molar-refractivity contribution in [1.29, 1.82) is 0 Å². The molecule has 0 unspecified atom stereocenters. The Labute approximate surface area is 150 Å². The molecule has 2 rings (SSSR count). The number of hydrogen-bond donors (Lipinski definition) is 1. The highest BCUT2D eigenvalue weighted by atomic mass is 35.5. The Morgan fingerprint density at radius 2 is 2.17 bits per heavy atom. The van der Waals surface area contributed by atoms with Crippen LogP contribution in [0.25, 0.3) is 5.65 Å². The molecule has 0 aliphatic rings. The van der Waals surface area contributed by atoms with Crippen LogP contribution in [0.2, 0.25) is 10.0 Å². The van der Waals surface area contributed by atoms with Gasteiger partial charge in [0.15, 0.2) is 10.8 Å². The lowest BCUT2D eigenvalue weighted by Gasteiger charge is -2.13. The number of amides is 1. The van der Waals surface area contributed by atoms with Gasteiger partial charge in [-0.05, 0) is 19.4 Å². The Morgan fingerprint density at radius 1 is 1.39 bits per heavy atom. The molecule has 0 fully saturated rings. The lowest BCUT2D eigenvalue weighted by molar-refractivity contribution is -0.119. The Morgan fingerprint density at radius 3 is 2.91 bits per heavy atom. The van der Waals surface area contributed by atoms with Crippen molar-refractivity contribution in [2.45, 2.75) is 50.7 Å². The van der Waals surface area contributed by atoms with E-state index in [1.807, 2.05) is 6.92 Å². The zero-order valence-corrected chi connectivity index (χ0v) is 15.5. The Balaban J connectivity index is 1.89. The van der Waals surface area contributed by atoms with Gasteiger partial charge in [-0.3, -0.25) is 9.20 Å². The minimum atomic E-state index is -0.0103. The molecule has 126 valence electrons. The van der Waals surface area contributed by atoms with Crippen LogP contribution < -0.4 is 5.32 Å². The van der Waals surface area contributed by atoms with Crippen LogP contribution in [-0.4, -0.2) is 32.3 Å². The molecule has 23 heavy (non-hydrogen) atoms. The first-order chi connectivity index (χ1) is 11.0. The van der Waals surface area contributed by atoms with Crippen molar-refractivity contribution in [2.24, 2.45) is 0 Å². The predicted octanol–water partition coefficient (Wildman–Crippen LogP) is 4.21. The molecule has 0 saturated carbocycles. The molecular weight excluding hydrogens is 355 g/mol. The number of carbonyl (C=O) groups is 1. The number of pyridine rings is 1. The van der Waals surface area contributed by atoms with Gasteiger partial charge in [-0.1, -0.05) is 61.1 Å². The van der Waals surface area contributed by atoms with Gasteiger partial charge in [0.2, 0.25) is 5.91 Å². The van der Waals surface area contributed by atoms with E-state index in [0.29, 0.717) is 20.8 Å². The molecule has 1 amide bonds. The number of aromatic nitrogens is 3. The third-order valence-corrected chi connectivity index (χ3v) is 4.80. The molecule has 8 heteroatoms. The van der Waals surface area contributed by atoms with Crippen LogP contribution >= 0.6 is 35.0 Å². The molecule has 1 N–H and O–H groups in total. The van der Waals surface area contributed by atoms with Gasteiger partial charge in [0, 0.05) is 12.2 Å². The number of rotatable bonds is 8. The molecule has 0 saturated heterocycles. The SMILES string of the molecule is CCCCC[C@@H](C)NC(=O)CSc1nnc2c(Cl)cc(Cl)cn12. The summed E-state index contributed by atoms with van der Waals surface area (Å²) >= 11 is 13.4. The molecule has 0 radical (unpaired) electrons. The van der Waals surface area contributed by atoms with E-state index in [9.17, 15) is 4.79 Å². The number of halogens is 2. The van der Waals surface area contributed by atoms with Crippen molar-refractivity contribution in [1.82, 2.24) is 19.9 Å². The third kappa shape index (κ3) is 5.26. The number of nitrogens with zero attached hydrogens (tertiary/aromatic N) is 3. The highest BCUT2D eigenvalue weighted by Crippen LogP contribution is 2.25. The van der Waals surface area contributed by atoms with E-state index in [2.05, 4.69) is 22.4 Å². The minimum Gasteiger partial charge on any atom is -0.353 e. The van der Waals surface area contributed by atoms with Gasteiger partial charge in [-0.2, -0.15) is 0 Å². The molecule has 2 heterocycles. The van der Waals surface area contributed by atoms with Crippen LogP contribution in [0.3, 0.4) is 0 Å². The summed E-state index contributed by atoms with van der Waals surface area (Å²) in [5.41, 5.74) is 0.534. The number of unbranched alkanes of at least 4 members (excludes halogenated alkanes) is 2. The number of carbonyl (C=O) groups excluding carboxylic acids is 1. The van der Waals surface area contributed by atoms with E-state index < -0.39 is 0 Å². The lowest BCUT2D eigenvalue weighted by Crippen LogP contribution is -2.33. The maximum Gasteiger partial charge on any atom is 0.230 e. The monoisotopic (exact) mass is 374 g/mol. The maximum atomic E-state index is 12.0. The first kappa shape index (κ1) is 18.4. The summed E-state index contributed by atoms with van der Waals surface area (Å²) in [6.45, 7) is 4.20. The van der Waals surface area contributed by atoms with Crippen molar-refractivity contribution in [3.05, 3.63) is 22.3 Å². The number of fused-ring (bicyclic) bond motifs is 1. The summed E-state index contributed by atoms with van der Waals surface area (Å²) in [7, 11) is 0. The Bertz CT molecular complexity index is 677. The van der Waals surface area contributed by atoms with E-state index in [-0.39, 0.29) is 17.7 Å². The fourth-order valence-electron chi connectivity index (χ4n) is 2.22. The van der Waals surface area contributed by atoms with Gasteiger partial charge in [0.05, 0.1) is 15.8 Å². The standard InChI is InChI=1S/C15H20Cl2N4OS/c1-3-4-5-6-10(2)18-13(22)9-23-15-20-19-14-12(17)7-11(16)8-21(14)15/h7-8,10H,3-6,9H2,1-2H3,(H,18,22)/t10-/m1/s1. The minimum absolute atomic E-state index is 0.0103. The zero-order valence-electron chi connectivity index (χ0n) is 13.2. The second kappa shape index (κ2) is 8.76. The van der Waals surface area contributed by atoms with Crippen LogP contribution in [0.4, 0.5) is 0 Å². The second-order valence-corrected chi connectivity index (χ2v) is 7.22. The fourth-order valence-corrected chi connectivity index (χ4v) is 3.45. The summed E-state index contributed by atoms with van der Waals surface area (Å²) < 4.78 is 1.70. The summed E-state index contributed by atoms with van der Waals surface area (Å²) in [4.78, 5) is 12.0. The molecule has 1 atom stereocenters. The van der Waals surface area contributed by atoms with E-state index in [4.69, 9.17) is 23.2 Å². The summed E-state index contributed by atoms with van der Waals surface area (Å²) in [6, 6.07) is 1.81. The molecular formula is C15H20Cl2N4OS. The lowest BCUT2D eigenvalue weighted by atomic mass is 10.1. The number of thioether (sulfide) groups is 1. The largest absolute Gasteiger partial charge is 0.353 e. The van der Waals surface area contributed by atoms with E-state index in [1.165, 1.54) is 24.6 Å². The molecule has 0 aliphatic carbocycles. The molecule has 0 bridgehead atoms. The first-order valence-corrected chi connectivity index (χ1v) is 9.37. The van der Waals surface area contributed by atoms with Gasteiger partial charge >= 0.3 is 0 Å². The Kier molecular flexibility index (Phi) is 6.99. The van der Waals surface area contributed by atoms with Gasteiger partial charge < -0.3 is 5.32 Å². The molecule has 0 aromatic carbocycles. The van der Waals surface area contributed by atoms with Crippen LogP contribution in [0.5, 0.6) is 0 Å². The normalized spacial score (nSPS) is 12.5. The third-order valence-electron chi connectivity index (χ3n) is 3.38. The van der Waals surface area contributed by atoms with Gasteiger partial charge in [0.1, 0.15) is 0 Å². The second-order valence-electron chi connectivity index (χ2n) is 5.44. The van der Waals surface area contributed by atoms with Crippen LogP contribution in [0.1, 0.15) is 39.5 Å². The van der Waals surface area contributed by atoms with Crippen LogP contribution in [0, 0.1) is 0 Å². The average molecular weight is 375 g/mol. The van der Waals surface area contributed by atoms with E-state index in [0.717, 1.165) is 12.8 Å². The van der Waals surface area contributed by atoms with Crippen LogP contribution in [-0.2, 0) is 4.79 Å². The molecule has 2 aromatic rings. The zero-order chi connectivity index (χ0) is 16.8. The number of nitrogens with one attached hydrogen (secondary N) is 1. The van der Waals surface area contributed by atoms with Crippen molar-refractivity contribution in [3.63, 3.8) is 0 Å². The molecule has 0 aliphatic heterocycles. The highest BCUT2D eigenvalue weighted by molar-refractivity contribution is 7.99. The summed E-state index contributed by atoms with van der Waals surface area (Å²) in [5.74, 6) is 0.270. The number of hydrogen-bond acceptors (Lipinski definition) is 4. The highest BCUT2D eigenvalue weighted by Gasteiger charge is 2.13. The molecule has 5 nitrogen and oxygen atoms in total. The van der Waals surface area contributed by atoms with Crippen molar-refractivity contribution < 1.29 is 4.79 Å². The van der Waals surface area contributed by atoms with Crippen molar-refractivity contribution >= 4 is 46.5 Å². The molecule has 2 aromatic heterocycles.